The predicted octanol–water partition coefficient (Wildman–Crippen LogP) is 4.18. The molecule has 1 aliphatic rings. The number of benzene rings is 2. The molecule has 4 aromatic rings. The van der Waals surface area contributed by atoms with E-state index < -0.39 is 10.8 Å². The quantitative estimate of drug-likeness (QED) is 0.305. The highest BCUT2D eigenvalue weighted by atomic mass is 32.1. The normalized spacial score (nSPS) is 13.2. The molecule has 1 fully saturated rings. The van der Waals surface area contributed by atoms with Gasteiger partial charge in [-0.25, -0.2) is 4.52 Å². The summed E-state index contributed by atoms with van der Waals surface area (Å²) in [5.74, 6) is -0.576. The highest BCUT2D eigenvalue weighted by Gasteiger charge is 2.24. The first-order valence-corrected chi connectivity index (χ1v) is 11.8. The highest BCUT2D eigenvalue weighted by Crippen LogP contribution is 2.32. The summed E-state index contributed by atoms with van der Waals surface area (Å²) in [6.45, 7) is 2.97. The van der Waals surface area contributed by atoms with Gasteiger partial charge in [0.25, 0.3) is 17.5 Å². The number of amides is 2. The van der Waals surface area contributed by atoms with Crippen LogP contribution in [0.3, 0.4) is 0 Å². The molecule has 2 amide bonds. The molecule has 2 aromatic carbocycles. The van der Waals surface area contributed by atoms with E-state index in [2.05, 4.69) is 20.7 Å². The van der Waals surface area contributed by atoms with Gasteiger partial charge in [-0.3, -0.25) is 25.0 Å². The van der Waals surface area contributed by atoms with Gasteiger partial charge in [-0.1, -0.05) is 12.1 Å². The summed E-state index contributed by atoms with van der Waals surface area (Å²) in [6.07, 6.45) is 1.98. The second-order valence-corrected chi connectivity index (χ2v) is 8.95. The van der Waals surface area contributed by atoms with Gasteiger partial charge >= 0.3 is 0 Å². The fourth-order valence-corrected chi connectivity index (χ4v) is 4.90. The largest absolute Gasteiger partial charge is 0.366 e. The molecule has 12 heteroatoms. The van der Waals surface area contributed by atoms with E-state index in [1.165, 1.54) is 24.3 Å². The Balaban J connectivity index is 1.37. The Kier molecular flexibility index (Phi) is 5.87. The number of rotatable bonds is 6. The zero-order chi connectivity index (χ0) is 24.5. The molecule has 3 heterocycles. The summed E-state index contributed by atoms with van der Waals surface area (Å²) in [7, 11) is 0. The van der Waals surface area contributed by atoms with Gasteiger partial charge in [0.05, 0.1) is 10.6 Å². The SMILES string of the molecule is CC(=O)Nc1ccc(-c2csc3nc(NC(=O)c4ccc(N5CCCC5)c([N+](=O)[O-])c4)nn23)cc1. The van der Waals surface area contributed by atoms with Gasteiger partial charge in [0, 0.05) is 48.3 Å². The van der Waals surface area contributed by atoms with E-state index in [9.17, 15) is 19.7 Å². The average Bonchev–Trinajstić information content (AvgIpc) is 3.57. The first kappa shape index (κ1) is 22.5. The van der Waals surface area contributed by atoms with Crippen molar-refractivity contribution in [3.63, 3.8) is 0 Å². The molecule has 1 aliphatic heterocycles. The molecule has 5 rings (SSSR count). The highest BCUT2D eigenvalue weighted by molar-refractivity contribution is 7.15. The lowest BCUT2D eigenvalue weighted by Gasteiger charge is -2.17. The Labute approximate surface area is 203 Å². The van der Waals surface area contributed by atoms with E-state index in [-0.39, 0.29) is 23.1 Å². The number of thiazole rings is 1. The second-order valence-electron chi connectivity index (χ2n) is 8.12. The first-order valence-electron chi connectivity index (χ1n) is 11.0. The smallest absolute Gasteiger partial charge is 0.293 e. The van der Waals surface area contributed by atoms with Gasteiger partial charge in [0.1, 0.15) is 5.69 Å². The summed E-state index contributed by atoms with van der Waals surface area (Å²) in [6, 6.07) is 11.8. The van der Waals surface area contributed by atoms with Crippen molar-refractivity contribution in [3.05, 3.63) is 63.5 Å². The lowest BCUT2D eigenvalue weighted by Crippen LogP contribution is -2.20. The Morgan fingerprint density at radius 2 is 1.83 bits per heavy atom. The molecule has 11 nitrogen and oxygen atoms in total. The molecular formula is C23H21N7O4S. The van der Waals surface area contributed by atoms with Gasteiger partial charge < -0.3 is 10.2 Å². The standard InChI is InChI=1S/C23H21N7O4S/c1-14(31)24-17-7-4-15(5-8-17)20-13-35-23-26-22(27-29(20)23)25-21(32)16-6-9-18(19(12-16)30(33)34)28-10-2-3-11-28/h4-9,12-13H,2-3,10-11H2,1H3,(H,24,31)(H,25,27,32). The fourth-order valence-electron chi connectivity index (χ4n) is 4.07. The Morgan fingerprint density at radius 3 is 2.51 bits per heavy atom. The fraction of sp³-hybridized carbons (Fsp3) is 0.217. The van der Waals surface area contributed by atoms with Crippen LogP contribution in [-0.4, -0.2) is 44.4 Å². The minimum absolute atomic E-state index is 0.0941. The number of fused-ring (bicyclic) bond motifs is 1. The number of hydrogen-bond acceptors (Lipinski definition) is 8. The lowest BCUT2D eigenvalue weighted by molar-refractivity contribution is -0.384. The molecule has 35 heavy (non-hydrogen) atoms. The van der Waals surface area contributed by atoms with Crippen molar-refractivity contribution in [1.29, 1.82) is 0 Å². The molecular weight excluding hydrogens is 470 g/mol. The number of anilines is 3. The molecule has 0 unspecified atom stereocenters. The van der Waals surface area contributed by atoms with E-state index >= 15 is 0 Å². The van der Waals surface area contributed by atoms with Gasteiger partial charge in [-0.15, -0.1) is 16.4 Å². The van der Waals surface area contributed by atoms with Crippen molar-refractivity contribution in [1.82, 2.24) is 14.6 Å². The van der Waals surface area contributed by atoms with Crippen LogP contribution < -0.4 is 15.5 Å². The topological polar surface area (TPSA) is 135 Å². The third-order valence-electron chi connectivity index (χ3n) is 5.69. The summed E-state index contributed by atoms with van der Waals surface area (Å²) in [5.41, 5.74) is 2.91. The van der Waals surface area contributed by atoms with Gasteiger partial charge in [-0.05, 0) is 37.1 Å². The maximum atomic E-state index is 12.8. The third-order valence-corrected chi connectivity index (χ3v) is 6.51. The number of carbonyl (C=O) groups excluding carboxylic acids is 2. The van der Waals surface area contributed by atoms with E-state index in [1.54, 1.807) is 28.8 Å². The van der Waals surface area contributed by atoms with Crippen molar-refractivity contribution < 1.29 is 14.5 Å². The number of nitro benzene ring substituents is 1. The van der Waals surface area contributed by atoms with Crippen molar-refractivity contribution >= 4 is 51.1 Å². The van der Waals surface area contributed by atoms with Crippen LogP contribution in [-0.2, 0) is 4.79 Å². The zero-order valence-electron chi connectivity index (χ0n) is 18.7. The van der Waals surface area contributed by atoms with E-state index in [4.69, 9.17) is 0 Å². The number of carbonyl (C=O) groups is 2. The maximum absolute atomic E-state index is 12.8. The minimum atomic E-state index is -0.527. The Morgan fingerprint density at radius 1 is 1.09 bits per heavy atom. The van der Waals surface area contributed by atoms with Crippen molar-refractivity contribution in [2.45, 2.75) is 19.8 Å². The molecule has 0 bridgehead atoms. The van der Waals surface area contributed by atoms with E-state index in [0.29, 0.717) is 16.3 Å². The molecule has 0 atom stereocenters. The van der Waals surface area contributed by atoms with Crippen LogP contribution in [0.5, 0.6) is 0 Å². The second kappa shape index (κ2) is 9.14. The first-order chi connectivity index (χ1) is 16.9. The number of hydrogen-bond donors (Lipinski definition) is 2. The summed E-state index contributed by atoms with van der Waals surface area (Å²) < 4.78 is 1.62. The summed E-state index contributed by atoms with van der Waals surface area (Å²) in [4.78, 5) is 42.1. The molecule has 1 saturated heterocycles. The van der Waals surface area contributed by atoms with Gasteiger partial charge in [0.15, 0.2) is 0 Å². The Bertz CT molecular complexity index is 1440. The van der Waals surface area contributed by atoms with Gasteiger partial charge in [0.2, 0.25) is 10.9 Å². The molecule has 2 aromatic heterocycles. The average molecular weight is 492 g/mol. The summed E-state index contributed by atoms with van der Waals surface area (Å²) in [5, 5.41) is 23.3. The van der Waals surface area contributed by atoms with E-state index in [1.807, 2.05) is 22.4 Å². The van der Waals surface area contributed by atoms with Crippen LogP contribution in [0.4, 0.5) is 23.0 Å². The third kappa shape index (κ3) is 4.55. The molecule has 0 radical (unpaired) electrons. The zero-order valence-corrected chi connectivity index (χ0v) is 19.5. The van der Waals surface area contributed by atoms with Crippen molar-refractivity contribution in [2.24, 2.45) is 0 Å². The van der Waals surface area contributed by atoms with Crippen LogP contribution in [0.25, 0.3) is 16.2 Å². The molecule has 178 valence electrons. The molecule has 0 saturated carbocycles. The Hall–Kier alpha value is -4.32. The van der Waals surface area contributed by atoms with Crippen molar-refractivity contribution in [2.75, 3.05) is 28.6 Å². The van der Waals surface area contributed by atoms with Crippen LogP contribution in [0.2, 0.25) is 0 Å². The number of nitrogens with zero attached hydrogens (tertiary/aromatic N) is 5. The molecule has 0 spiro atoms. The number of nitro groups is 1. The van der Waals surface area contributed by atoms with Crippen molar-refractivity contribution in [3.8, 4) is 11.3 Å². The van der Waals surface area contributed by atoms with Crippen LogP contribution in [0, 0.1) is 10.1 Å². The lowest BCUT2D eigenvalue weighted by atomic mass is 10.1. The predicted molar refractivity (Wildman–Crippen MR) is 133 cm³/mol. The van der Waals surface area contributed by atoms with Gasteiger partial charge in [-0.2, -0.15) is 4.98 Å². The molecule has 2 N–H and O–H groups in total. The number of aromatic nitrogens is 3. The maximum Gasteiger partial charge on any atom is 0.293 e. The summed E-state index contributed by atoms with van der Waals surface area (Å²) >= 11 is 1.36. The van der Waals surface area contributed by atoms with E-state index in [0.717, 1.165) is 37.2 Å². The number of nitrogens with one attached hydrogen (secondary N) is 2. The van der Waals surface area contributed by atoms with Crippen LogP contribution >= 0.6 is 11.3 Å². The monoisotopic (exact) mass is 491 g/mol. The molecule has 0 aliphatic carbocycles. The minimum Gasteiger partial charge on any atom is -0.366 e. The van der Waals surface area contributed by atoms with Crippen LogP contribution in [0.15, 0.2) is 47.8 Å². The van der Waals surface area contributed by atoms with Crippen LogP contribution in [0.1, 0.15) is 30.1 Å².